The Hall–Kier alpha value is -1.36. The first-order valence-corrected chi connectivity index (χ1v) is 7.54. The van der Waals surface area contributed by atoms with E-state index in [1.165, 1.54) is 18.4 Å². The second-order valence-corrected chi connectivity index (χ2v) is 6.40. The zero-order valence-corrected chi connectivity index (χ0v) is 12.4. The van der Waals surface area contributed by atoms with Gasteiger partial charge in [0.1, 0.15) is 0 Å². The van der Waals surface area contributed by atoms with Crippen molar-refractivity contribution >= 4 is 5.91 Å². The third kappa shape index (κ3) is 2.35. The highest BCUT2D eigenvalue weighted by Gasteiger charge is 2.49. The molecule has 110 valence electrons. The molecule has 0 bridgehead atoms. The number of aryl methyl sites for hydroxylation is 1. The summed E-state index contributed by atoms with van der Waals surface area (Å²) in [5.74, 6) is 0.456. The minimum Gasteiger partial charge on any atom is -0.359 e. The second kappa shape index (κ2) is 5.20. The lowest BCUT2D eigenvalue weighted by Gasteiger charge is -2.30. The maximum Gasteiger partial charge on any atom is 0.223 e. The average molecular weight is 276 g/mol. The number of hydrogen-bond donors (Lipinski definition) is 1. The van der Waals surface area contributed by atoms with Crippen LogP contribution < -0.4 is 5.32 Å². The molecule has 1 N–H and O–H groups in total. The van der Waals surface area contributed by atoms with Gasteiger partial charge in [-0.25, -0.2) is 0 Å². The molecule has 1 amide bonds. The van der Waals surface area contributed by atoms with Crippen molar-refractivity contribution in [3.63, 3.8) is 0 Å². The van der Waals surface area contributed by atoms with Crippen LogP contribution in [0.2, 0.25) is 0 Å². The van der Waals surface area contributed by atoms with Crippen LogP contribution in [0, 0.1) is 11.3 Å². The van der Waals surface area contributed by atoms with Crippen molar-refractivity contribution in [2.24, 2.45) is 18.4 Å². The van der Waals surface area contributed by atoms with Crippen molar-refractivity contribution < 1.29 is 4.79 Å². The molecule has 1 aliphatic heterocycles. The van der Waals surface area contributed by atoms with Gasteiger partial charge in [0, 0.05) is 44.9 Å². The van der Waals surface area contributed by atoms with Crippen molar-refractivity contribution in [2.45, 2.75) is 32.2 Å². The molecular formula is C15H24N4O. The van der Waals surface area contributed by atoms with Crippen LogP contribution in [0.4, 0.5) is 0 Å². The maximum absolute atomic E-state index is 12.1. The minimum absolute atomic E-state index is 0.214. The van der Waals surface area contributed by atoms with Crippen molar-refractivity contribution in [1.29, 1.82) is 0 Å². The summed E-state index contributed by atoms with van der Waals surface area (Å²) in [6.45, 7) is 3.11. The molecule has 5 heteroatoms. The van der Waals surface area contributed by atoms with Crippen LogP contribution in [0.15, 0.2) is 12.4 Å². The summed E-state index contributed by atoms with van der Waals surface area (Å²) in [6.07, 6.45) is 8.63. The lowest BCUT2D eigenvalue weighted by atomic mass is 9.76. The van der Waals surface area contributed by atoms with E-state index in [0.29, 0.717) is 0 Å². The molecule has 0 radical (unpaired) electrons. The summed E-state index contributed by atoms with van der Waals surface area (Å²) in [5, 5.41) is 7.09. The highest BCUT2D eigenvalue weighted by molar-refractivity contribution is 5.79. The summed E-state index contributed by atoms with van der Waals surface area (Å²) in [6, 6.07) is 0. The van der Waals surface area contributed by atoms with Gasteiger partial charge < -0.3 is 5.32 Å². The highest BCUT2D eigenvalue weighted by Crippen LogP contribution is 2.49. The summed E-state index contributed by atoms with van der Waals surface area (Å²) < 4.78 is 1.85. The predicted octanol–water partition coefficient (Wildman–Crippen LogP) is 1.16. The van der Waals surface area contributed by atoms with Crippen molar-refractivity contribution in [2.75, 3.05) is 20.1 Å². The van der Waals surface area contributed by atoms with Gasteiger partial charge >= 0.3 is 0 Å². The number of rotatable bonds is 3. The molecule has 1 aliphatic carbocycles. The number of hydrogen-bond acceptors (Lipinski definition) is 3. The van der Waals surface area contributed by atoms with Crippen LogP contribution >= 0.6 is 0 Å². The Morgan fingerprint density at radius 1 is 1.55 bits per heavy atom. The van der Waals surface area contributed by atoms with E-state index in [1.807, 2.05) is 17.9 Å². The van der Waals surface area contributed by atoms with Gasteiger partial charge in [-0.3, -0.25) is 14.4 Å². The van der Waals surface area contributed by atoms with Gasteiger partial charge in [-0.1, -0.05) is 6.42 Å². The van der Waals surface area contributed by atoms with E-state index < -0.39 is 0 Å². The van der Waals surface area contributed by atoms with Gasteiger partial charge in [-0.05, 0) is 31.2 Å². The molecule has 1 saturated carbocycles. The summed E-state index contributed by atoms with van der Waals surface area (Å²) in [5.41, 5.74) is 1.49. The molecule has 2 aliphatic rings. The fourth-order valence-corrected chi connectivity index (χ4v) is 4.14. The lowest BCUT2D eigenvalue weighted by molar-refractivity contribution is -0.127. The zero-order valence-electron chi connectivity index (χ0n) is 12.4. The predicted molar refractivity (Wildman–Crippen MR) is 76.9 cm³/mol. The monoisotopic (exact) mass is 276 g/mol. The van der Waals surface area contributed by atoms with Crippen LogP contribution in [0.1, 0.15) is 31.2 Å². The Morgan fingerprint density at radius 2 is 2.40 bits per heavy atom. The fourth-order valence-electron chi connectivity index (χ4n) is 4.14. The molecule has 2 atom stereocenters. The smallest absolute Gasteiger partial charge is 0.223 e. The first-order valence-electron chi connectivity index (χ1n) is 7.54. The first kappa shape index (κ1) is 13.6. The summed E-state index contributed by atoms with van der Waals surface area (Å²) in [7, 11) is 3.71. The van der Waals surface area contributed by atoms with Crippen LogP contribution in [0.25, 0.3) is 0 Å². The quantitative estimate of drug-likeness (QED) is 0.901. The van der Waals surface area contributed by atoms with E-state index in [2.05, 4.69) is 21.5 Å². The van der Waals surface area contributed by atoms with Gasteiger partial charge in [0.15, 0.2) is 0 Å². The molecule has 1 spiro atoms. The molecule has 3 rings (SSSR count). The maximum atomic E-state index is 12.1. The Kier molecular flexibility index (Phi) is 3.54. The molecule has 2 heterocycles. The molecule has 20 heavy (non-hydrogen) atoms. The Balaban J connectivity index is 1.67. The highest BCUT2D eigenvalue weighted by atomic mass is 16.1. The standard InChI is InChI=1S/C15H24N4O/c1-16-14(20)13-4-3-5-15(13)6-7-19(11-15)10-12-8-17-18(2)9-12/h8-9,13H,3-7,10-11H2,1-2H3,(H,16,20). The van der Waals surface area contributed by atoms with Gasteiger partial charge in [-0.2, -0.15) is 5.10 Å². The fraction of sp³-hybridized carbons (Fsp3) is 0.733. The number of nitrogens with one attached hydrogen (secondary N) is 1. The number of amides is 1. The largest absolute Gasteiger partial charge is 0.359 e. The van der Waals surface area contributed by atoms with Crippen LogP contribution in [-0.4, -0.2) is 40.7 Å². The van der Waals surface area contributed by atoms with E-state index in [0.717, 1.165) is 32.5 Å². The van der Waals surface area contributed by atoms with Gasteiger partial charge in [0.2, 0.25) is 5.91 Å². The van der Waals surface area contributed by atoms with Crippen molar-refractivity contribution in [3.8, 4) is 0 Å². The molecule has 0 aromatic carbocycles. The Labute approximate surface area is 120 Å². The molecule has 1 aromatic rings. The van der Waals surface area contributed by atoms with Gasteiger partial charge in [-0.15, -0.1) is 0 Å². The zero-order chi connectivity index (χ0) is 14.2. The number of carbonyl (C=O) groups excluding carboxylic acids is 1. The van der Waals surface area contributed by atoms with Crippen LogP contribution in [0.5, 0.6) is 0 Å². The van der Waals surface area contributed by atoms with E-state index in [-0.39, 0.29) is 17.2 Å². The summed E-state index contributed by atoms with van der Waals surface area (Å²) >= 11 is 0. The Bertz CT molecular complexity index is 498. The van der Waals surface area contributed by atoms with Crippen LogP contribution in [-0.2, 0) is 18.4 Å². The molecule has 2 unspecified atom stereocenters. The number of nitrogens with zero attached hydrogens (tertiary/aromatic N) is 3. The van der Waals surface area contributed by atoms with E-state index >= 15 is 0 Å². The number of aromatic nitrogens is 2. The number of likely N-dealkylation sites (tertiary alicyclic amines) is 1. The lowest BCUT2D eigenvalue weighted by Crippen LogP contribution is -2.39. The topological polar surface area (TPSA) is 50.2 Å². The van der Waals surface area contributed by atoms with Crippen molar-refractivity contribution in [3.05, 3.63) is 18.0 Å². The average Bonchev–Trinajstić information content (AvgIpc) is 3.13. The van der Waals surface area contributed by atoms with E-state index in [9.17, 15) is 4.79 Å². The number of carbonyl (C=O) groups is 1. The molecular weight excluding hydrogens is 252 g/mol. The molecule has 2 fully saturated rings. The van der Waals surface area contributed by atoms with Crippen molar-refractivity contribution in [1.82, 2.24) is 20.0 Å². The molecule has 1 aromatic heterocycles. The Morgan fingerprint density at radius 3 is 3.10 bits per heavy atom. The molecule has 5 nitrogen and oxygen atoms in total. The SMILES string of the molecule is CNC(=O)C1CCCC12CCN(Cc1cnn(C)c1)C2. The summed E-state index contributed by atoms with van der Waals surface area (Å²) in [4.78, 5) is 14.6. The second-order valence-electron chi connectivity index (χ2n) is 6.40. The van der Waals surface area contributed by atoms with Gasteiger partial charge in [0.25, 0.3) is 0 Å². The normalized spacial score (nSPS) is 30.2. The van der Waals surface area contributed by atoms with Gasteiger partial charge in [0.05, 0.1) is 6.20 Å². The third-order valence-electron chi connectivity index (χ3n) is 5.10. The van der Waals surface area contributed by atoms with Crippen LogP contribution in [0.3, 0.4) is 0 Å². The molecule has 1 saturated heterocycles. The minimum atomic E-state index is 0.214. The third-order valence-corrected chi connectivity index (χ3v) is 5.10. The van der Waals surface area contributed by atoms with E-state index in [4.69, 9.17) is 0 Å². The van der Waals surface area contributed by atoms with E-state index in [1.54, 1.807) is 7.05 Å². The first-order chi connectivity index (χ1) is 9.63.